The Labute approximate surface area is 367 Å². The van der Waals surface area contributed by atoms with Crippen LogP contribution in [0, 0.1) is 23.2 Å². The number of rotatable bonds is 14. The maximum absolute atomic E-state index is 13.9. The number of carbonyl (C=O) groups excluding carboxylic acids is 3. The molecular formula is C46H82ClF3NO5PSSi. The van der Waals surface area contributed by atoms with Crippen molar-refractivity contribution in [3.05, 3.63) is 23.8 Å². The van der Waals surface area contributed by atoms with Crippen LogP contribution in [0.2, 0.25) is 18.1 Å². The number of unbranched alkanes of at least 4 members (excludes halogenated alkanes) is 3. The number of allylic oxidation sites excluding steroid dienone is 2. The van der Waals surface area contributed by atoms with Crippen LogP contribution in [0.5, 0.6) is 0 Å². The van der Waals surface area contributed by atoms with Crippen LogP contribution in [-0.4, -0.2) is 85.7 Å². The molecule has 59 heavy (non-hydrogen) atoms. The molecule has 2 rings (SSSR count). The number of esters is 1. The first-order chi connectivity index (χ1) is 27.0. The summed E-state index contributed by atoms with van der Waals surface area (Å²) in [6.07, 6.45) is 9.45. The van der Waals surface area contributed by atoms with Crippen molar-refractivity contribution in [1.82, 2.24) is 0 Å². The van der Waals surface area contributed by atoms with Crippen molar-refractivity contribution in [2.45, 2.75) is 190 Å². The van der Waals surface area contributed by atoms with Gasteiger partial charge in [-0.2, -0.15) is 13.2 Å². The molecule has 1 unspecified atom stereocenters. The zero-order valence-corrected chi connectivity index (χ0v) is 42.9. The minimum atomic E-state index is -4.61. The summed E-state index contributed by atoms with van der Waals surface area (Å²) in [5.74, 6) is -3.63. The average molecular weight is 913 g/mol. The number of hydrogen-bond donors (Lipinski definition) is 0. The van der Waals surface area contributed by atoms with Crippen LogP contribution in [0.3, 0.4) is 0 Å². The quantitative estimate of drug-likeness (QED) is 0.0747. The average Bonchev–Trinajstić information content (AvgIpc) is 3.53. The molecule has 13 heteroatoms. The van der Waals surface area contributed by atoms with E-state index in [0.29, 0.717) is 6.04 Å². The van der Waals surface area contributed by atoms with Crippen molar-refractivity contribution in [1.29, 1.82) is 0 Å². The number of Topliss-reactive ketones (excluding diaryl/α,β-unsaturated/α-hetero) is 2. The second-order valence-corrected chi connectivity index (χ2v) is 33.9. The van der Waals surface area contributed by atoms with E-state index >= 15 is 0 Å². The molecule has 6 atom stereocenters. The predicted molar refractivity (Wildman–Crippen MR) is 252 cm³/mol. The number of carbonyl (C=O) groups is 3. The minimum absolute atomic E-state index is 0.0900. The van der Waals surface area contributed by atoms with Crippen molar-refractivity contribution in [3.8, 4) is 0 Å². The second-order valence-electron chi connectivity index (χ2n) is 19.7. The van der Waals surface area contributed by atoms with E-state index in [-0.39, 0.29) is 29.6 Å². The number of cyclic esters (lactones) is 1. The number of thioether (sulfide) groups is 1. The summed E-state index contributed by atoms with van der Waals surface area (Å²) in [7, 11) is -2.35. The van der Waals surface area contributed by atoms with Gasteiger partial charge in [0.2, 0.25) is 0 Å². The van der Waals surface area contributed by atoms with E-state index in [1.165, 1.54) is 87.0 Å². The van der Waals surface area contributed by atoms with Gasteiger partial charge in [-0.25, -0.2) is 0 Å². The van der Waals surface area contributed by atoms with Crippen molar-refractivity contribution < 1.29 is 36.7 Å². The monoisotopic (exact) mass is 912 g/mol. The van der Waals surface area contributed by atoms with E-state index in [9.17, 15) is 27.6 Å². The van der Waals surface area contributed by atoms with Gasteiger partial charge in [0.05, 0.1) is 6.10 Å². The third-order valence-corrected chi connectivity index (χ3v) is 26.3. The van der Waals surface area contributed by atoms with Crippen molar-refractivity contribution in [3.63, 3.8) is 0 Å². The Kier molecular flexibility index (Phi) is 22.4. The van der Waals surface area contributed by atoms with E-state index in [2.05, 4.69) is 61.6 Å². The molecule has 0 amide bonds. The molecule has 0 aromatic carbocycles. The number of ether oxygens (including phenoxy) is 1. The Morgan fingerprint density at radius 3 is 1.97 bits per heavy atom. The van der Waals surface area contributed by atoms with Crippen LogP contribution in [-0.2, 0) is 23.5 Å². The summed E-state index contributed by atoms with van der Waals surface area (Å²) in [5, 5.41) is 1.13. The van der Waals surface area contributed by atoms with E-state index < -0.39 is 73.7 Å². The summed E-state index contributed by atoms with van der Waals surface area (Å²) in [5.41, 5.74) is -1.74. The first-order valence-electron chi connectivity index (χ1n) is 22.2. The normalized spacial score (nSPS) is 27.6. The van der Waals surface area contributed by atoms with Crippen molar-refractivity contribution >= 4 is 59.9 Å². The zero-order chi connectivity index (χ0) is 45.6. The number of halogens is 4. The van der Waals surface area contributed by atoms with Crippen molar-refractivity contribution in [2.24, 2.45) is 28.2 Å². The van der Waals surface area contributed by atoms with Crippen LogP contribution in [0.25, 0.3) is 0 Å². The van der Waals surface area contributed by atoms with Crippen molar-refractivity contribution in [2.75, 3.05) is 30.4 Å². The van der Waals surface area contributed by atoms with Gasteiger partial charge in [0, 0.05) is 29.7 Å². The Bertz CT molecular complexity index is 1450. The summed E-state index contributed by atoms with van der Waals surface area (Å²) >= 11 is 9.54. The molecule has 0 N–H and O–H groups in total. The summed E-state index contributed by atoms with van der Waals surface area (Å²) in [6, 6.07) is 0.496. The Balaban J connectivity index is 0.000000697. The van der Waals surface area contributed by atoms with Gasteiger partial charge in [0.1, 0.15) is 5.78 Å². The zero-order valence-electron chi connectivity index (χ0n) is 39.5. The summed E-state index contributed by atoms with van der Waals surface area (Å²) < 4.78 is 53.3. The first kappa shape index (κ1) is 56.0. The van der Waals surface area contributed by atoms with E-state index in [4.69, 9.17) is 25.4 Å². The molecule has 2 aliphatic heterocycles. The van der Waals surface area contributed by atoms with E-state index in [1.807, 2.05) is 18.7 Å². The molecule has 0 spiro atoms. The fourth-order valence-electron chi connectivity index (χ4n) is 7.69. The van der Waals surface area contributed by atoms with Crippen LogP contribution >= 0.6 is 29.0 Å². The molecule has 2 aliphatic rings. The molecule has 0 saturated heterocycles. The fourth-order valence-corrected chi connectivity index (χ4v) is 17.5. The molecule has 0 aromatic rings. The predicted octanol–water partition coefficient (Wildman–Crippen LogP) is 14.2. The van der Waals surface area contributed by atoms with Gasteiger partial charge >= 0.3 is 154 Å². The molecule has 0 aromatic heterocycles. The van der Waals surface area contributed by atoms with Crippen LogP contribution in [0.1, 0.15) is 148 Å². The van der Waals surface area contributed by atoms with Gasteiger partial charge < -0.3 is 9.16 Å². The van der Waals surface area contributed by atoms with Gasteiger partial charge in [-0.3, -0.25) is 14.4 Å². The summed E-state index contributed by atoms with van der Waals surface area (Å²) in [6.45, 7) is 29.7. The fraction of sp³-hybridized carbons (Fsp3) is 0.826. The Morgan fingerprint density at radius 1 is 1.02 bits per heavy atom. The van der Waals surface area contributed by atoms with Crippen LogP contribution in [0.4, 0.5) is 13.2 Å². The molecule has 0 saturated carbocycles. The first-order valence-corrected chi connectivity index (χ1v) is 30.0. The molecular weight excluding hydrogens is 830 g/mol. The van der Waals surface area contributed by atoms with E-state index in [0.717, 1.165) is 6.08 Å². The number of nitrogens with zero attached hydrogens (tertiary/aromatic N) is 1. The second kappa shape index (κ2) is 23.6. The topological polar surface area (TPSA) is 82.0 Å². The van der Waals surface area contributed by atoms with Gasteiger partial charge in [-0.15, -0.1) is 0 Å². The van der Waals surface area contributed by atoms with Crippen LogP contribution in [0.15, 0.2) is 28.8 Å². The Morgan fingerprint density at radius 2 is 1.54 bits per heavy atom. The molecule has 0 radical (unpaired) electrons. The van der Waals surface area contributed by atoms with E-state index in [1.54, 1.807) is 33.8 Å². The van der Waals surface area contributed by atoms with Gasteiger partial charge in [-0.1, -0.05) is 73.6 Å². The molecule has 344 valence electrons. The molecule has 0 fully saturated rings. The van der Waals surface area contributed by atoms with Gasteiger partial charge in [0.15, 0.2) is 20.2 Å². The number of hydrogen-bond acceptors (Lipinski definition) is 7. The standard InChI is InChI=1S/C29H47F3O5Si.C17H35ClNPS/c1-18-13-12-14-22(29(30,31)32)15-16-23(21(4)33)36-24(34)17-19(2)28(8,9)26(35)20(3)25(18)37-38(10,11)27(5,6)7;1-5-8-11-20(18,12-9-6-2,13-10-7-3)14-17-15-21-16(4)19-17/h12-13,15,18-20,23,25H,14,16-17H2,1-11H3;17H,5-15H2,1-4H3/b13-12+,22-15+;/t18-,19-,20+,23-,25-;/m0./s1. The Hall–Kier alpha value is -1.00. The SMILES string of the molecule is CC(=O)[C@@H]1C/C=C(/C(F)(F)F)C/C=C/[C@H](C)[C@H](O[Si](C)(C)C(C)(C)C)[C@@H](C)C(=O)C(C)(C)[C@@H](C)CC(=O)O1.CCCCP(Cl)(CCCC)(CCCC)CC1CSC(C)=N1. The number of alkyl halides is 3. The molecule has 2 heterocycles. The summed E-state index contributed by atoms with van der Waals surface area (Å²) in [4.78, 5) is 43.5. The van der Waals surface area contributed by atoms with Gasteiger partial charge in [-0.05, 0) is 43.3 Å². The third-order valence-electron chi connectivity index (χ3n) is 13.2. The van der Waals surface area contributed by atoms with Gasteiger partial charge in [0.25, 0.3) is 0 Å². The molecule has 0 aliphatic carbocycles. The maximum atomic E-state index is 13.9. The number of ketones is 2. The molecule has 6 nitrogen and oxygen atoms in total. The third kappa shape index (κ3) is 17.6. The number of aliphatic imine (C=N–C) groups is 1. The van der Waals surface area contributed by atoms with Crippen LogP contribution < -0.4 is 0 Å². The molecule has 0 bridgehead atoms.